The molecule has 3 N–H and O–H groups in total. The van der Waals surface area contributed by atoms with Gasteiger partial charge in [0.2, 0.25) is 0 Å². The van der Waals surface area contributed by atoms with E-state index in [4.69, 9.17) is 10.8 Å². The predicted octanol–water partition coefficient (Wildman–Crippen LogP) is 1.01. The second-order valence-electron chi connectivity index (χ2n) is 2.89. The molecule has 0 saturated heterocycles. The van der Waals surface area contributed by atoms with Gasteiger partial charge in [0.15, 0.2) is 0 Å². The molecule has 66 valence electrons. The van der Waals surface area contributed by atoms with E-state index in [1.807, 2.05) is 0 Å². The van der Waals surface area contributed by atoms with Gasteiger partial charge in [0, 0.05) is 6.04 Å². The Morgan fingerprint density at radius 1 is 1.36 bits per heavy atom. The van der Waals surface area contributed by atoms with Crippen LogP contribution in [0.5, 0.6) is 0 Å². The van der Waals surface area contributed by atoms with Crippen molar-refractivity contribution in [3.05, 3.63) is 0 Å². The lowest BCUT2D eigenvalue weighted by molar-refractivity contribution is -0.143. The van der Waals surface area contributed by atoms with Crippen LogP contribution in [0.25, 0.3) is 0 Å². The van der Waals surface area contributed by atoms with Crippen LogP contribution in [0.3, 0.4) is 0 Å². The van der Waals surface area contributed by atoms with Crippen molar-refractivity contribution in [2.45, 2.75) is 31.7 Å². The highest BCUT2D eigenvalue weighted by Gasteiger charge is 2.27. The van der Waals surface area contributed by atoms with Gasteiger partial charge >= 0.3 is 5.97 Å². The van der Waals surface area contributed by atoms with Crippen LogP contribution in [0.4, 0.5) is 0 Å². The number of aliphatic carboxylic acids is 1. The van der Waals surface area contributed by atoms with E-state index < -0.39 is 5.97 Å². The van der Waals surface area contributed by atoms with E-state index in [1.54, 1.807) is 0 Å². The van der Waals surface area contributed by atoms with Crippen LogP contribution in [0.2, 0.25) is 0 Å². The third-order valence-corrected chi connectivity index (χ3v) is 2.14. The molecule has 0 aromatic heterocycles. The Kier molecular flexibility index (Phi) is 4.45. The molecule has 0 aromatic rings. The summed E-state index contributed by atoms with van der Waals surface area (Å²) < 4.78 is 0. The molecule has 11 heavy (non-hydrogen) atoms. The summed E-state index contributed by atoms with van der Waals surface area (Å²) in [5.74, 6) is -1.01. The molecule has 0 unspecified atom stereocenters. The number of carboxylic acids is 1. The highest BCUT2D eigenvalue weighted by Crippen LogP contribution is 2.22. The van der Waals surface area contributed by atoms with Gasteiger partial charge in [-0.25, -0.2) is 0 Å². The summed E-state index contributed by atoms with van der Waals surface area (Å²) in [6.07, 6.45) is 3.74. The van der Waals surface area contributed by atoms with E-state index in [1.165, 1.54) is 0 Å². The number of hydrogen-bond acceptors (Lipinski definition) is 2. The van der Waals surface area contributed by atoms with Gasteiger partial charge in [0.1, 0.15) is 0 Å². The Balaban J connectivity index is 0.000001000. The standard InChI is InChI=1S/C7H13NO2.ClH/c8-6-4-2-1-3-5(6)7(9)10;/h5-6H,1-4,8H2,(H,9,10);1H/t5-,6-;/m0./s1. The van der Waals surface area contributed by atoms with Crippen LogP contribution in [-0.2, 0) is 4.79 Å². The molecule has 0 spiro atoms. The van der Waals surface area contributed by atoms with Gasteiger partial charge in [-0.1, -0.05) is 12.8 Å². The van der Waals surface area contributed by atoms with Gasteiger partial charge in [-0.15, -0.1) is 12.4 Å². The lowest BCUT2D eigenvalue weighted by Crippen LogP contribution is -2.37. The first-order chi connectivity index (χ1) is 4.72. The molecule has 1 aliphatic rings. The molecule has 0 amide bonds. The summed E-state index contributed by atoms with van der Waals surface area (Å²) in [4.78, 5) is 10.5. The second kappa shape index (κ2) is 4.57. The normalized spacial score (nSPS) is 30.6. The number of rotatable bonds is 1. The van der Waals surface area contributed by atoms with Gasteiger partial charge in [0.05, 0.1) is 5.92 Å². The minimum atomic E-state index is -0.729. The first-order valence-electron chi connectivity index (χ1n) is 3.70. The highest BCUT2D eigenvalue weighted by molar-refractivity contribution is 5.85. The van der Waals surface area contributed by atoms with Crippen molar-refractivity contribution in [1.82, 2.24) is 0 Å². The zero-order valence-corrected chi connectivity index (χ0v) is 7.14. The minimum absolute atomic E-state index is 0. The smallest absolute Gasteiger partial charge is 0.308 e. The minimum Gasteiger partial charge on any atom is -0.481 e. The molecule has 2 atom stereocenters. The van der Waals surface area contributed by atoms with Gasteiger partial charge in [-0.3, -0.25) is 4.79 Å². The SMILES string of the molecule is Cl.N[C@H]1CCCC[C@@H]1C(=O)O. The van der Waals surface area contributed by atoms with E-state index in [0.717, 1.165) is 25.7 Å². The molecule has 0 aliphatic heterocycles. The summed E-state index contributed by atoms with van der Waals surface area (Å²) in [5.41, 5.74) is 5.60. The topological polar surface area (TPSA) is 63.3 Å². The molecule has 1 saturated carbocycles. The van der Waals surface area contributed by atoms with Gasteiger partial charge in [0.25, 0.3) is 0 Å². The number of hydrogen-bond donors (Lipinski definition) is 2. The van der Waals surface area contributed by atoms with E-state index in [9.17, 15) is 4.79 Å². The molecule has 1 aliphatic carbocycles. The third-order valence-electron chi connectivity index (χ3n) is 2.14. The molecule has 4 heteroatoms. The van der Waals surface area contributed by atoms with Crippen molar-refractivity contribution in [3.8, 4) is 0 Å². The fourth-order valence-corrected chi connectivity index (χ4v) is 1.47. The Hall–Kier alpha value is -0.280. The zero-order chi connectivity index (χ0) is 7.56. The summed E-state index contributed by atoms with van der Waals surface area (Å²) in [7, 11) is 0. The maximum Gasteiger partial charge on any atom is 0.308 e. The maximum absolute atomic E-state index is 10.5. The monoisotopic (exact) mass is 179 g/mol. The predicted molar refractivity (Wildman–Crippen MR) is 44.8 cm³/mol. The summed E-state index contributed by atoms with van der Waals surface area (Å²) in [6, 6.07) is -0.105. The molecular formula is C7H14ClNO2. The molecule has 0 radical (unpaired) electrons. The number of carboxylic acid groups (broad SMARTS) is 1. The average molecular weight is 180 g/mol. The molecule has 0 heterocycles. The second-order valence-corrected chi connectivity index (χ2v) is 2.89. The maximum atomic E-state index is 10.5. The Morgan fingerprint density at radius 2 is 1.91 bits per heavy atom. The lowest BCUT2D eigenvalue weighted by atomic mass is 9.85. The highest BCUT2D eigenvalue weighted by atomic mass is 35.5. The van der Waals surface area contributed by atoms with Crippen molar-refractivity contribution in [2.24, 2.45) is 11.7 Å². The van der Waals surface area contributed by atoms with Gasteiger partial charge < -0.3 is 10.8 Å². The zero-order valence-electron chi connectivity index (χ0n) is 6.32. The van der Waals surface area contributed by atoms with E-state index >= 15 is 0 Å². The van der Waals surface area contributed by atoms with E-state index in [0.29, 0.717) is 0 Å². The van der Waals surface area contributed by atoms with Crippen LogP contribution in [0.1, 0.15) is 25.7 Å². The van der Waals surface area contributed by atoms with E-state index in [-0.39, 0.29) is 24.4 Å². The van der Waals surface area contributed by atoms with Crippen molar-refractivity contribution in [2.75, 3.05) is 0 Å². The number of carbonyl (C=O) groups is 1. The van der Waals surface area contributed by atoms with Crippen LogP contribution >= 0.6 is 12.4 Å². The number of nitrogens with two attached hydrogens (primary N) is 1. The van der Waals surface area contributed by atoms with Crippen LogP contribution in [0, 0.1) is 5.92 Å². The Morgan fingerprint density at radius 3 is 2.27 bits per heavy atom. The fourth-order valence-electron chi connectivity index (χ4n) is 1.47. The fraction of sp³-hybridized carbons (Fsp3) is 0.857. The first-order valence-corrected chi connectivity index (χ1v) is 3.70. The van der Waals surface area contributed by atoms with Crippen LogP contribution in [-0.4, -0.2) is 17.1 Å². The summed E-state index contributed by atoms with van der Waals surface area (Å²) >= 11 is 0. The third kappa shape index (κ3) is 2.67. The van der Waals surface area contributed by atoms with Crippen molar-refractivity contribution >= 4 is 18.4 Å². The van der Waals surface area contributed by atoms with Crippen molar-refractivity contribution < 1.29 is 9.90 Å². The van der Waals surface area contributed by atoms with E-state index in [2.05, 4.69) is 0 Å². The largest absolute Gasteiger partial charge is 0.481 e. The Labute approximate surface area is 72.4 Å². The molecule has 1 rings (SSSR count). The Bertz CT molecular complexity index is 140. The summed E-state index contributed by atoms with van der Waals surface area (Å²) in [6.45, 7) is 0. The summed E-state index contributed by atoms with van der Waals surface area (Å²) in [5, 5.41) is 8.63. The number of halogens is 1. The molecule has 3 nitrogen and oxygen atoms in total. The molecular weight excluding hydrogens is 166 g/mol. The van der Waals surface area contributed by atoms with Crippen molar-refractivity contribution in [3.63, 3.8) is 0 Å². The lowest BCUT2D eigenvalue weighted by Gasteiger charge is -2.24. The first kappa shape index (κ1) is 10.7. The van der Waals surface area contributed by atoms with Crippen LogP contribution < -0.4 is 5.73 Å². The molecule has 1 fully saturated rings. The average Bonchev–Trinajstić information content (AvgIpc) is 1.88. The molecule has 0 bridgehead atoms. The molecule has 0 aromatic carbocycles. The quantitative estimate of drug-likeness (QED) is 0.632. The van der Waals surface area contributed by atoms with Crippen LogP contribution in [0.15, 0.2) is 0 Å². The van der Waals surface area contributed by atoms with Gasteiger partial charge in [-0.2, -0.15) is 0 Å². The van der Waals surface area contributed by atoms with Gasteiger partial charge in [-0.05, 0) is 12.8 Å². The van der Waals surface area contributed by atoms with Crippen molar-refractivity contribution in [1.29, 1.82) is 0 Å².